The largest absolute Gasteiger partial charge is 0.480 e. The Bertz CT molecular complexity index is 766. The number of carboxylic acids is 1. The molecule has 3 aliphatic rings. The summed E-state index contributed by atoms with van der Waals surface area (Å²) >= 11 is 3.71. The molecule has 28 heavy (non-hydrogen) atoms. The van der Waals surface area contributed by atoms with Crippen molar-refractivity contribution in [3.05, 3.63) is 16.0 Å². The summed E-state index contributed by atoms with van der Waals surface area (Å²) < 4.78 is 0. The van der Waals surface area contributed by atoms with Gasteiger partial charge in [0.15, 0.2) is 0 Å². The van der Waals surface area contributed by atoms with Crippen molar-refractivity contribution in [1.82, 2.24) is 9.80 Å². The molecule has 3 unspecified atom stereocenters. The van der Waals surface area contributed by atoms with Crippen LogP contribution in [-0.4, -0.2) is 64.8 Å². The molecule has 154 valence electrons. The van der Waals surface area contributed by atoms with Gasteiger partial charge in [-0.2, -0.15) is 0 Å². The number of fused-ring (bicyclic) bond motifs is 1. The normalized spacial score (nSPS) is 28.4. The van der Waals surface area contributed by atoms with Gasteiger partial charge in [-0.1, -0.05) is 0 Å². The lowest BCUT2D eigenvalue weighted by Crippen LogP contribution is -2.42. The quantitative estimate of drug-likeness (QED) is 0.758. The molecule has 8 heteroatoms. The van der Waals surface area contributed by atoms with Gasteiger partial charge in [-0.15, -0.1) is 23.1 Å². The van der Waals surface area contributed by atoms with Gasteiger partial charge >= 0.3 is 5.97 Å². The van der Waals surface area contributed by atoms with Crippen LogP contribution in [0, 0.1) is 0 Å². The topological polar surface area (TPSA) is 72.9 Å². The maximum Gasteiger partial charge on any atom is 0.317 e. The Labute approximate surface area is 174 Å². The van der Waals surface area contributed by atoms with Crippen molar-refractivity contribution in [1.29, 1.82) is 0 Å². The summed E-state index contributed by atoms with van der Waals surface area (Å²) in [5.41, 5.74) is 2.77. The van der Waals surface area contributed by atoms with Crippen molar-refractivity contribution in [3.8, 4) is 0 Å². The van der Waals surface area contributed by atoms with Crippen molar-refractivity contribution < 1.29 is 14.7 Å². The van der Waals surface area contributed by atoms with Gasteiger partial charge in [-0.25, -0.2) is 0 Å². The number of hydrogen-bond acceptors (Lipinski definition) is 6. The zero-order valence-electron chi connectivity index (χ0n) is 16.6. The number of carbonyl (C=O) groups excluding carboxylic acids is 1. The van der Waals surface area contributed by atoms with Crippen LogP contribution in [-0.2, 0) is 22.4 Å². The third-order valence-corrected chi connectivity index (χ3v) is 9.04. The summed E-state index contributed by atoms with van der Waals surface area (Å²) in [6.07, 6.45) is 6.25. The molecule has 6 nitrogen and oxygen atoms in total. The van der Waals surface area contributed by atoms with Crippen molar-refractivity contribution in [2.75, 3.05) is 31.2 Å². The number of aliphatic carboxylic acids is 1. The second-order valence-corrected chi connectivity index (χ2v) is 10.4. The van der Waals surface area contributed by atoms with Crippen LogP contribution < -0.4 is 5.32 Å². The van der Waals surface area contributed by atoms with Gasteiger partial charge in [0, 0.05) is 22.2 Å². The number of hydrogen-bond donors (Lipinski definition) is 2. The molecule has 1 aromatic heterocycles. The van der Waals surface area contributed by atoms with Gasteiger partial charge in [0.25, 0.3) is 0 Å². The Morgan fingerprint density at radius 3 is 2.75 bits per heavy atom. The van der Waals surface area contributed by atoms with Gasteiger partial charge in [0.1, 0.15) is 5.00 Å². The van der Waals surface area contributed by atoms with Gasteiger partial charge < -0.3 is 10.4 Å². The van der Waals surface area contributed by atoms with Gasteiger partial charge in [-0.05, 0) is 64.6 Å². The molecular formula is C20H29N3O3S2. The first-order valence-electron chi connectivity index (χ1n) is 10.2. The number of thioether (sulfide) groups is 1. The number of nitrogens with zero attached hydrogens (tertiary/aromatic N) is 2. The van der Waals surface area contributed by atoms with E-state index in [0.717, 1.165) is 36.4 Å². The van der Waals surface area contributed by atoms with E-state index in [0.29, 0.717) is 18.0 Å². The Hall–Kier alpha value is -1.09. The third-order valence-electron chi connectivity index (χ3n) is 6.26. The molecule has 0 spiro atoms. The number of carbonyl (C=O) groups is 2. The summed E-state index contributed by atoms with van der Waals surface area (Å²) in [6.45, 7) is 2.87. The number of amides is 1. The molecule has 1 aromatic rings. The first-order valence-corrected chi connectivity index (χ1v) is 12.1. The van der Waals surface area contributed by atoms with Gasteiger partial charge in [0.05, 0.1) is 18.0 Å². The van der Waals surface area contributed by atoms with E-state index in [1.54, 1.807) is 16.2 Å². The third kappa shape index (κ3) is 3.84. The van der Waals surface area contributed by atoms with Crippen molar-refractivity contribution in [3.63, 3.8) is 0 Å². The minimum Gasteiger partial charge on any atom is -0.480 e. The summed E-state index contributed by atoms with van der Waals surface area (Å²) in [7, 11) is 2.18. The molecule has 3 heterocycles. The number of likely N-dealkylation sites (tertiary alicyclic amines) is 1. The number of nitrogens with one attached hydrogen (secondary N) is 1. The lowest BCUT2D eigenvalue weighted by molar-refractivity contribution is -0.139. The summed E-state index contributed by atoms with van der Waals surface area (Å²) in [6, 6.07) is 0.189. The van der Waals surface area contributed by atoms with E-state index in [1.165, 1.54) is 28.8 Å². The predicted octanol–water partition coefficient (Wildman–Crippen LogP) is 3.18. The number of anilines is 1. The molecule has 2 aliphatic heterocycles. The zero-order chi connectivity index (χ0) is 19.8. The molecule has 1 amide bonds. The number of aryl methyl sites for hydroxylation is 1. The predicted molar refractivity (Wildman–Crippen MR) is 114 cm³/mol. The molecule has 3 atom stereocenters. The molecule has 0 bridgehead atoms. The molecule has 4 rings (SSSR count). The lowest BCUT2D eigenvalue weighted by Gasteiger charge is -2.26. The van der Waals surface area contributed by atoms with E-state index < -0.39 is 5.97 Å². The maximum atomic E-state index is 13.1. The highest BCUT2D eigenvalue weighted by Crippen LogP contribution is 2.49. The molecule has 1 aliphatic carbocycles. The van der Waals surface area contributed by atoms with E-state index >= 15 is 0 Å². The second kappa shape index (κ2) is 8.34. The minimum absolute atomic E-state index is 0.0442. The second-order valence-electron chi connectivity index (χ2n) is 8.17. The Kier molecular flexibility index (Phi) is 6.01. The molecule has 2 saturated heterocycles. The molecular weight excluding hydrogens is 394 g/mol. The van der Waals surface area contributed by atoms with Crippen LogP contribution in [0.3, 0.4) is 0 Å². The van der Waals surface area contributed by atoms with Crippen LogP contribution in [0.15, 0.2) is 0 Å². The molecule has 0 saturated carbocycles. The van der Waals surface area contributed by atoms with Crippen LogP contribution in [0.5, 0.6) is 0 Å². The summed E-state index contributed by atoms with van der Waals surface area (Å²) in [5.74, 6) is 0.191. The average molecular weight is 424 g/mol. The monoisotopic (exact) mass is 423 g/mol. The first kappa shape index (κ1) is 20.2. The molecule has 0 aromatic carbocycles. The zero-order valence-corrected chi connectivity index (χ0v) is 18.2. The minimum atomic E-state index is -0.870. The first-order chi connectivity index (χ1) is 13.5. The van der Waals surface area contributed by atoms with E-state index in [9.17, 15) is 9.59 Å². The fourth-order valence-electron chi connectivity index (χ4n) is 4.61. The lowest BCUT2D eigenvalue weighted by atomic mass is 9.95. The number of thiophene rings is 1. The van der Waals surface area contributed by atoms with E-state index in [-0.39, 0.29) is 18.5 Å². The smallest absolute Gasteiger partial charge is 0.317 e. The highest BCUT2D eigenvalue weighted by atomic mass is 32.2. The van der Waals surface area contributed by atoms with Gasteiger partial charge in [-0.3, -0.25) is 19.4 Å². The Morgan fingerprint density at radius 1 is 1.25 bits per heavy atom. The molecule has 0 radical (unpaired) electrons. The number of rotatable bonds is 5. The van der Waals surface area contributed by atoms with Crippen molar-refractivity contribution >= 4 is 40.0 Å². The Balaban J connectivity index is 1.60. The molecule has 2 fully saturated rings. The highest BCUT2D eigenvalue weighted by molar-refractivity contribution is 7.99. The standard InChI is InChI=1S/C20H29N3O3S2/c1-12-11-27-20(22(12)2)17-13-6-3-4-8-15(13)28-19(17)21-18(26)14-7-5-9-23(14)10-16(24)25/h12,14,20H,3-11H2,1-2H3,(H,21,26)(H,24,25). The van der Waals surface area contributed by atoms with Crippen LogP contribution in [0.2, 0.25) is 0 Å². The SMILES string of the molecule is CC1CSC(c2c(NC(=O)C3CCCN3CC(=O)O)sc3c2CCCC3)N1C. The summed E-state index contributed by atoms with van der Waals surface area (Å²) in [5, 5.41) is 13.7. The fraction of sp³-hybridized carbons (Fsp3) is 0.700. The van der Waals surface area contributed by atoms with Crippen molar-refractivity contribution in [2.24, 2.45) is 0 Å². The van der Waals surface area contributed by atoms with Crippen molar-refractivity contribution in [2.45, 2.75) is 62.9 Å². The Morgan fingerprint density at radius 2 is 2.04 bits per heavy atom. The summed E-state index contributed by atoms with van der Waals surface area (Å²) in [4.78, 5) is 29.8. The fourth-order valence-corrected chi connectivity index (χ4v) is 7.57. The van der Waals surface area contributed by atoms with Crippen LogP contribution >= 0.6 is 23.1 Å². The van der Waals surface area contributed by atoms with Crippen LogP contribution in [0.4, 0.5) is 5.00 Å². The van der Waals surface area contributed by atoms with E-state index in [2.05, 4.69) is 24.2 Å². The van der Waals surface area contributed by atoms with Crippen LogP contribution in [0.1, 0.15) is 54.0 Å². The number of carboxylic acid groups (broad SMARTS) is 1. The van der Waals surface area contributed by atoms with E-state index in [4.69, 9.17) is 5.11 Å². The average Bonchev–Trinajstić information content (AvgIpc) is 3.33. The van der Waals surface area contributed by atoms with Gasteiger partial charge in [0.2, 0.25) is 5.91 Å². The highest BCUT2D eigenvalue weighted by Gasteiger charge is 2.37. The van der Waals surface area contributed by atoms with E-state index in [1.807, 2.05) is 11.8 Å². The maximum absolute atomic E-state index is 13.1. The van der Waals surface area contributed by atoms with Crippen LogP contribution in [0.25, 0.3) is 0 Å². The molecule has 2 N–H and O–H groups in total.